The van der Waals surface area contributed by atoms with Crippen molar-refractivity contribution in [2.24, 2.45) is 5.16 Å². The number of nitrogens with one attached hydrogen (secondary N) is 1. The summed E-state index contributed by atoms with van der Waals surface area (Å²) in [6, 6.07) is 7.90. The first-order chi connectivity index (χ1) is 10.0. The predicted octanol–water partition coefficient (Wildman–Crippen LogP) is 2.76. The molecule has 0 spiro atoms. The Morgan fingerprint density at radius 2 is 1.95 bits per heavy atom. The van der Waals surface area contributed by atoms with Crippen molar-refractivity contribution in [1.82, 2.24) is 5.32 Å². The van der Waals surface area contributed by atoms with Crippen molar-refractivity contribution in [1.29, 1.82) is 0 Å². The number of carbonyl (C=O) groups excluding carboxylic acids is 1. The van der Waals surface area contributed by atoms with Crippen molar-refractivity contribution in [2.75, 3.05) is 6.61 Å². The summed E-state index contributed by atoms with van der Waals surface area (Å²) in [6.07, 6.45) is 1.91. The summed E-state index contributed by atoms with van der Waals surface area (Å²) in [7, 11) is 0. The van der Waals surface area contributed by atoms with Crippen LogP contribution in [-0.4, -0.2) is 29.5 Å². The summed E-state index contributed by atoms with van der Waals surface area (Å²) in [5.41, 5.74) is 1.87. The van der Waals surface area contributed by atoms with Crippen LogP contribution in [0.5, 0.6) is 5.75 Å². The lowest BCUT2D eigenvalue weighted by molar-refractivity contribution is -0.122. The Morgan fingerprint density at radius 1 is 1.29 bits per heavy atom. The second kappa shape index (κ2) is 9.00. The zero-order chi connectivity index (χ0) is 15.7. The lowest BCUT2D eigenvalue weighted by Gasteiger charge is -2.09. The summed E-state index contributed by atoms with van der Waals surface area (Å²) in [5, 5.41) is 14.6. The summed E-state index contributed by atoms with van der Waals surface area (Å²) in [5.74, 6) is 0.754. The molecule has 5 heteroatoms. The van der Waals surface area contributed by atoms with Crippen LogP contribution in [0.25, 0.3) is 0 Å². The van der Waals surface area contributed by atoms with E-state index in [1.165, 1.54) is 0 Å². The summed E-state index contributed by atoms with van der Waals surface area (Å²) >= 11 is 0. The van der Waals surface area contributed by atoms with Crippen LogP contribution in [0, 0.1) is 0 Å². The molecule has 0 unspecified atom stereocenters. The van der Waals surface area contributed by atoms with Crippen molar-refractivity contribution in [3.05, 3.63) is 29.8 Å². The van der Waals surface area contributed by atoms with Gasteiger partial charge >= 0.3 is 0 Å². The first-order valence-corrected chi connectivity index (χ1v) is 7.20. The van der Waals surface area contributed by atoms with Gasteiger partial charge in [-0.25, -0.2) is 0 Å². The van der Waals surface area contributed by atoms with Gasteiger partial charge in [-0.1, -0.05) is 17.3 Å². The van der Waals surface area contributed by atoms with Crippen LogP contribution in [0.2, 0.25) is 0 Å². The zero-order valence-corrected chi connectivity index (χ0v) is 12.9. The van der Waals surface area contributed by atoms with Crippen molar-refractivity contribution in [3.8, 4) is 5.75 Å². The minimum absolute atomic E-state index is 0.000357. The lowest BCUT2D eigenvalue weighted by Crippen LogP contribution is -2.31. The van der Waals surface area contributed by atoms with Crippen LogP contribution in [0.15, 0.2) is 29.4 Å². The van der Waals surface area contributed by atoms with Crippen molar-refractivity contribution in [2.45, 2.75) is 46.1 Å². The third-order valence-corrected chi connectivity index (χ3v) is 2.92. The Kier molecular flexibility index (Phi) is 7.29. The van der Waals surface area contributed by atoms with Gasteiger partial charge in [-0.2, -0.15) is 0 Å². The molecule has 0 heterocycles. The van der Waals surface area contributed by atoms with E-state index >= 15 is 0 Å². The second-order valence-corrected chi connectivity index (χ2v) is 5.30. The standard InChI is InChI=1S/C16H24N2O3/c1-12(2)17-16(19)10-11-21-15-8-6-14(7-9-15)5-4-13(3)18-20/h6-9,12,20H,4-5,10-11H2,1-3H3,(H,17,19). The number of carbonyl (C=O) groups is 1. The molecule has 116 valence electrons. The molecule has 1 aromatic rings. The Hall–Kier alpha value is -2.04. The van der Waals surface area contributed by atoms with Crippen LogP contribution < -0.4 is 10.1 Å². The second-order valence-electron chi connectivity index (χ2n) is 5.30. The number of hydrogen-bond donors (Lipinski definition) is 2. The fraction of sp³-hybridized carbons (Fsp3) is 0.500. The average Bonchev–Trinajstić information content (AvgIpc) is 2.45. The summed E-state index contributed by atoms with van der Waals surface area (Å²) in [4.78, 5) is 11.5. The topological polar surface area (TPSA) is 70.9 Å². The highest BCUT2D eigenvalue weighted by Crippen LogP contribution is 2.13. The Morgan fingerprint density at radius 3 is 2.52 bits per heavy atom. The summed E-state index contributed by atoms with van der Waals surface area (Å²) in [6.45, 7) is 6.02. The molecule has 0 saturated carbocycles. The minimum atomic E-state index is 0.000357. The fourth-order valence-electron chi connectivity index (χ4n) is 1.78. The molecule has 1 amide bonds. The third kappa shape index (κ3) is 7.34. The maximum Gasteiger partial charge on any atom is 0.223 e. The Bertz CT molecular complexity index is 467. The number of benzene rings is 1. The van der Waals surface area contributed by atoms with E-state index in [0.717, 1.165) is 24.2 Å². The molecule has 0 aliphatic heterocycles. The molecule has 0 aliphatic rings. The molecule has 0 fully saturated rings. The maximum atomic E-state index is 11.5. The van der Waals surface area contributed by atoms with Crippen LogP contribution >= 0.6 is 0 Å². The first kappa shape index (κ1) is 17.0. The van der Waals surface area contributed by atoms with Gasteiger partial charge in [-0.05, 0) is 51.3 Å². The van der Waals surface area contributed by atoms with Crippen LogP contribution in [0.3, 0.4) is 0 Å². The molecular weight excluding hydrogens is 268 g/mol. The van der Waals surface area contributed by atoms with E-state index < -0.39 is 0 Å². The minimum Gasteiger partial charge on any atom is -0.493 e. The van der Waals surface area contributed by atoms with Gasteiger partial charge in [0.1, 0.15) is 5.75 Å². The van der Waals surface area contributed by atoms with E-state index in [4.69, 9.17) is 9.94 Å². The number of oxime groups is 1. The van der Waals surface area contributed by atoms with Gasteiger partial charge in [0.25, 0.3) is 0 Å². The quantitative estimate of drug-likeness (QED) is 0.440. The van der Waals surface area contributed by atoms with Gasteiger partial charge in [0.05, 0.1) is 18.7 Å². The molecule has 2 N–H and O–H groups in total. The highest BCUT2D eigenvalue weighted by Gasteiger charge is 2.03. The van der Waals surface area contributed by atoms with Gasteiger partial charge in [-0.15, -0.1) is 0 Å². The van der Waals surface area contributed by atoms with E-state index in [2.05, 4.69) is 10.5 Å². The molecule has 1 aromatic carbocycles. The maximum absolute atomic E-state index is 11.5. The van der Waals surface area contributed by atoms with Gasteiger partial charge in [0, 0.05) is 6.04 Å². The van der Waals surface area contributed by atoms with Crippen LogP contribution in [0.4, 0.5) is 0 Å². The molecule has 0 radical (unpaired) electrons. The monoisotopic (exact) mass is 292 g/mol. The fourth-order valence-corrected chi connectivity index (χ4v) is 1.78. The van der Waals surface area contributed by atoms with Gasteiger partial charge in [0.2, 0.25) is 5.91 Å². The Balaban J connectivity index is 2.32. The molecule has 0 bridgehead atoms. The Labute approximate surface area is 126 Å². The zero-order valence-electron chi connectivity index (χ0n) is 12.9. The van der Waals surface area contributed by atoms with E-state index in [0.29, 0.717) is 18.7 Å². The normalized spacial score (nSPS) is 11.5. The SMILES string of the molecule is CC(CCc1ccc(OCCC(=O)NC(C)C)cc1)=NO. The molecular formula is C16H24N2O3. The van der Waals surface area contributed by atoms with Crippen molar-refractivity contribution in [3.63, 3.8) is 0 Å². The van der Waals surface area contributed by atoms with E-state index in [-0.39, 0.29) is 11.9 Å². The number of nitrogens with zero attached hydrogens (tertiary/aromatic N) is 1. The predicted molar refractivity (Wildman–Crippen MR) is 83.0 cm³/mol. The third-order valence-electron chi connectivity index (χ3n) is 2.92. The number of amides is 1. The van der Waals surface area contributed by atoms with Gasteiger partial charge in [-0.3, -0.25) is 4.79 Å². The van der Waals surface area contributed by atoms with Gasteiger partial charge in [0.15, 0.2) is 0 Å². The number of ether oxygens (including phenoxy) is 1. The number of aryl methyl sites for hydroxylation is 1. The molecule has 0 aliphatic carbocycles. The van der Waals surface area contributed by atoms with E-state index in [1.54, 1.807) is 6.92 Å². The van der Waals surface area contributed by atoms with Crippen molar-refractivity contribution >= 4 is 11.6 Å². The number of hydrogen-bond acceptors (Lipinski definition) is 4. The largest absolute Gasteiger partial charge is 0.493 e. The summed E-state index contributed by atoms with van der Waals surface area (Å²) < 4.78 is 5.54. The molecule has 5 nitrogen and oxygen atoms in total. The highest BCUT2D eigenvalue weighted by atomic mass is 16.5. The average molecular weight is 292 g/mol. The van der Waals surface area contributed by atoms with Crippen molar-refractivity contribution < 1.29 is 14.7 Å². The smallest absolute Gasteiger partial charge is 0.223 e. The van der Waals surface area contributed by atoms with Crippen LogP contribution in [0.1, 0.15) is 39.2 Å². The molecule has 0 atom stereocenters. The molecule has 0 aromatic heterocycles. The number of rotatable bonds is 8. The molecule has 0 saturated heterocycles. The first-order valence-electron chi connectivity index (χ1n) is 7.20. The molecule has 21 heavy (non-hydrogen) atoms. The van der Waals surface area contributed by atoms with E-state index in [1.807, 2.05) is 38.1 Å². The van der Waals surface area contributed by atoms with Crippen LogP contribution in [-0.2, 0) is 11.2 Å². The lowest BCUT2D eigenvalue weighted by atomic mass is 10.1. The van der Waals surface area contributed by atoms with E-state index in [9.17, 15) is 4.79 Å². The molecule has 1 rings (SSSR count). The van der Waals surface area contributed by atoms with Gasteiger partial charge < -0.3 is 15.3 Å². The highest BCUT2D eigenvalue weighted by molar-refractivity contribution is 5.81.